The molecule has 11 nitrogen and oxygen atoms in total. The normalized spacial score (nSPS) is 24.1. The number of nitrogens with one attached hydrogen (secondary N) is 2. The Hall–Kier alpha value is -3.40. The Morgan fingerprint density at radius 2 is 1.77 bits per heavy atom. The molecule has 5 N–H and O–H groups in total. The molecular weight excluding hydrogens is 486 g/mol. The standard InChI is InChI=1S/C20H19F4N3O8/c21-9-7-27(19(34)26-16(9)32)17-14(31)13(30)15(35-17)12(29)11(28)10(25-18(33)20(22,23)24)6-8-4-2-1-3-5-8/h1-5,7,10,12-15,17,29-31H,6H2,(H,25,33)(H,26,32,34)/t10?,12?,13-,14+,15+,17+/m0/s1. The molecule has 1 aliphatic rings. The lowest BCUT2D eigenvalue weighted by Gasteiger charge is -2.25. The third-order valence-corrected chi connectivity index (χ3v) is 5.27. The number of benzene rings is 1. The first-order valence-corrected chi connectivity index (χ1v) is 9.97. The molecule has 1 aromatic carbocycles. The van der Waals surface area contributed by atoms with Crippen LogP contribution in [-0.2, 0) is 20.7 Å². The average Bonchev–Trinajstić information content (AvgIpc) is 3.09. The summed E-state index contributed by atoms with van der Waals surface area (Å²) < 4.78 is 57.5. The van der Waals surface area contributed by atoms with Crippen LogP contribution in [0.15, 0.2) is 46.1 Å². The second-order valence-corrected chi connectivity index (χ2v) is 7.68. The molecule has 1 fully saturated rings. The Balaban J connectivity index is 1.86. The minimum atomic E-state index is -5.35. The Bertz CT molecular complexity index is 1200. The number of Topliss-reactive ketones (excluding diaryl/α,β-unsaturated/α-hetero) is 1. The number of alkyl halides is 3. The van der Waals surface area contributed by atoms with Crippen LogP contribution in [0.2, 0.25) is 0 Å². The second-order valence-electron chi connectivity index (χ2n) is 7.68. The Morgan fingerprint density at radius 1 is 1.14 bits per heavy atom. The quantitative estimate of drug-likeness (QED) is 0.284. The summed E-state index contributed by atoms with van der Waals surface area (Å²) in [6, 6.07) is 5.60. The zero-order valence-electron chi connectivity index (χ0n) is 17.5. The number of H-pyrrole nitrogens is 1. The lowest BCUT2D eigenvalue weighted by atomic mass is 9.94. The number of hydrogen-bond acceptors (Lipinski definition) is 8. The minimum absolute atomic E-state index is 0.321. The molecule has 0 radical (unpaired) electrons. The van der Waals surface area contributed by atoms with Crippen LogP contribution in [0.4, 0.5) is 17.6 Å². The fourth-order valence-corrected chi connectivity index (χ4v) is 3.51. The molecule has 2 unspecified atom stereocenters. The van der Waals surface area contributed by atoms with Gasteiger partial charge in [-0.3, -0.25) is 23.9 Å². The monoisotopic (exact) mass is 505 g/mol. The molecule has 190 valence electrons. The van der Waals surface area contributed by atoms with Crippen molar-refractivity contribution in [1.82, 2.24) is 14.9 Å². The topological polar surface area (TPSA) is 171 Å². The molecular formula is C20H19F4N3O8. The van der Waals surface area contributed by atoms with Crippen molar-refractivity contribution in [3.05, 3.63) is 68.7 Å². The molecule has 0 bridgehead atoms. The van der Waals surface area contributed by atoms with Gasteiger partial charge in [-0.25, -0.2) is 4.79 Å². The van der Waals surface area contributed by atoms with Gasteiger partial charge in [-0.2, -0.15) is 17.6 Å². The Morgan fingerprint density at radius 3 is 2.37 bits per heavy atom. The maximum atomic E-state index is 13.6. The van der Waals surface area contributed by atoms with Gasteiger partial charge >= 0.3 is 17.8 Å². The number of halogens is 4. The molecule has 0 aliphatic carbocycles. The van der Waals surface area contributed by atoms with Crippen LogP contribution >= 0.6 is 0 Å². The van der Waals surface area contributed by atoms with Gasteiger partial charge in [0.15, 0.2) is 12.0 Å². The minimum Gasteiger partial charge on any atom is -0.387 e. The van der Waals surface area contributed by atoms with Crippen molar-refractivity contribution in [1.29, 1.82) is 0 Å². The molecule has 2 heterocycles. The highest BCUT2D eigenvalue weighted by Gasteiger charge is 2.50. The predicted octanol–water partition coefficient (Wildman–Crippen LogP) is -1.49. The fraction of sp³-hybridized carbons (Fsp3) is 0.400. The van der Waals surface area contributed by atoms with Crippen LogP contribution in [0.1, 0.15) is 11.8 Å². The molecule has 6 atom stereocenters. The molecule has 0 saturated carbocycles. The summed E-state index contributed by atoms with van der Waals surface area (Å²) in [4.78, 5) is 49.1. The Labute approximate surface area is 192 Å². The molecule has 15 heteroatoms. The lowest BCUT2D eigenvalue weighted by Crippen LogP contribution is -2.54. The van der Waals surface area contributed by atoms with Crippen LogP contribution in [0.25, 0.3) is 0 Å². The number of carbonyl (C=O) groups is 2. The number of hydrogen-bond donors (Lipinski definition) is 5. The van der Waals surface area contributed by atoms with Crippen molar-refractivity contribution < 1.29 is 47.2 Å². The number of rotatable bonds is 7. The van der Waals surface area contributed by atoms with Crippen LogP contribution in [-0.4, -0.2) is 73.2 Å². The summed E-state index contributed by atoms with van der Waals surface area (Å²) in [6.07, 6.45) is -15.8. The SMILES string of the molecule is O=C(C(Cc1ccccc1)NC(=O)C(F)(F)F)C(O)[C@H]1O[C@@H](n2cc(F)c(=O)[nH]c2=O)[C@H](O)[C@@H]1O. The van der Waals surface area contributed by atoms with E-state index in [1.807, 2.05) is 0 Å². The van der Waals surface area contributed by atoms with E-state index in [9.17, 15) is 52.1 Å². The number of aliphatic hydroxyl groups excluding tert-OH is 3. The van der Waals surface area contributed by atoms with Gasteiger partial charge in [0.2, 0.25) is 5.82 Å². The van der Waals surface area contributed by atoms with E-state index in [0.29, 0.717) is 16.3 Å². The number of aromatic nitrogens is 2. The summed E-state index contributed by atoms with van der Waals surface area (Å²) in [5.41, 5.74) is -2.31. The first-order chi connectivity index (χ1) is 16.3. The van der Waals surface area contributed by atoms with E-state index in [-0.39, 0.29) is 0 Å². The number of amides is 1. The molecule has 1 amide bonds. The van der Waals surface area contributed by atoms with Gasteiger partial charge in [-0.15, -0.1) is 0 Å². The third-order valence-electron chi connectivity index (χ3n) is 5.27. The van der Waals surface area contributed by atoms with E-state index < -0.39 is 78.0 Å². The molecule has 2 aromatic rings. The van der Waals surface area contributed by atoms with Crippen LogP contribution in [0, 0.1) is 5.82 Å². The van der Waals surface area contributed by atoms with E-state index in [1.54, 1.807) is 11.1 Å². The summed E-state index contributed by atoms with van der Waals surface area (Å²) in [7, 11) is 0. The number of ether oxygens (including phenoxy) is 1. The van der Waals surface area contributed by atoms with Gasteiger partial charge in [0.05, 0.1) is 12.2 Å². The van der Waals surface area contributed by atoms with Crippen molar-refractivity contribution in [3.8, 4) is 0 Å². The maximum absolute atomic E-state index is 13.6. The van der Waals surface area contributed by atoms with E-state index >= 15 is 0 Å². The highest BCUT2D eigenvalue weighted by Crippen LogP contribution is 2.31. The van der Waals surface area contributed by atoms with Crippen molar-refractivity contribution in [2.75, 3.05) is 0 Å². The smallest absolute Gasteiger partial charge is 0.387 e. The molecule has 0 spiro atoms. The van der Waals surface area contributed by atoms with Gasteiger partial charge in [-0.05, 0) is 12.0 Å². The van der Waals surface area contributed by atoms with Crippen molar-refractivity contribution in [2.45, 2.75) is 49.3 Å². The molecule has 35 heavy (non-hydrogen) atoms. The highest BCUT2D eigenvalue weighted by molar-refractivity contribution is 5.93. The van der Waals surface area contributed by atoms with Crippen molar-refractivity contribution in [3.63, 3.8) is 0 Å². The van der Waals surface area contributed by atoms with E-state index in [4.69, 9.17) is 4.74 Å². The summed E-state index contributed by atoms with van der Waals surface area (Å²) in [6.45, 7) is 0. The number of carbonyl (C=O) groups excluding carboxylic acids is 2. The molecule has 1 aliphatic heterocycles. The highest BCUT2D eigenvalue weighted by atomic mass is 19.4. The average molecular weight is 505 g/mol. The number of aromatic amines is 1. The predicted molar refractivity (Wildman–Crippen MR) is 106 cm³/mol. The lowest BCUT2D eigenvalue weighted by molar-refractivity contribution is -0.175. The third kappa shape index (κ3) is 5.64. The first-order valence-electron chi connectivity index (χ1n) is 9.97. The zero-order chi connectivity index (χ0) is 26.1. The van der Waals surface area contributed by atoms with Gasteiger partial charge < -0.3 is 25.4 Å². The molecule has 1 saturated heterocycles. The van der Waals surface area contributed by atoms with Crippen LogP contribution in [0.3, 0.4) is 0 Å². The number of nitrogens with zero attached hydrogens (tertiary/aromatic N) is 1. The van der Waals surface area contributed by atoms with E-state index in [2.05, 4.69) is 0 Å². The van der Waals surface area contributed by atoms with E-state index in [1.165, 1.54) is 29.6 Å². The van der Waals surface area contributed by atoms with Gasteiger partial charge in [0.1, 0.15) is 24.4 Å². The molecule has 1 aromatic heterocycles. The van der Waals surface area contributed by atoms with Gasteiger partial charge in [0, 0.05) is 0 Å². The summed E-state index contributed by atoms with van der Waals surface area (Å²) in [5, 5.41) is 32.5. The first kappa shape index (κ1) is 26.2. The van der Waals surface area contributed by atoms with Crippen molar-refractivity contribution in [2.24, 2.45) is 0 Å². The maximum Gasteiger partial charge on any atom is 0.471 e. The van der Waals surface area contributed by atoms with E-state index in [0.717, 1.165) is 0 Å². The summed E-state index contributed by atoms with van der Waals surface area (Å²) in [5.74, 6) is -5.31. The van der Waals surface area contributed by atoms with Crippen LogP contribution < -0.4 is 16.6 Å². The number of ketones is 1. The zero-order valence-corrected chi connectivity index (χ0v) is 17.5. The number of aliphatic hydroxyl groups is 3. The van der Waals surface area contributed by atoms with Crippen LogP contribution in [0.5, 0.6) is 0 Å². The van der Waals surface area contributed by atoms with Gasteiger partial charge in [-0.1, -0.05) is 30.3 Å². The fourth-order valence-electron chi connectivity index (χ4n) is 3.51. The second kappa shape index (κ2) is 10.1. The summed E-state index contributed by atoms with van der Waals surface area (Å²) >= 11 is 0. The molecule has 3 rings (SSSR count). The Kier molecular flexibility index (Phi) is 7.54. The largest absolute Gasteiger partial charge is 0.471 e. The van der Waals surface area contributed by atoms with Crippen molar-refractivity contribution >= 4 is 11.7 Å². The van der Waals surface area contributed by atoms with Gasteiger partial charge in [0.25, 0.3) is 5.56 Å².